The van der Waals surface area contributed by atoms with E-state index in [1.54, 1.807) is 0 Å². The van der Waals surface area contributed by atoms with Gasteiger partial charge in [0.1, 0.15) is 0 Å². The quantitative estimate of drug-likeness (QED) is 0.549. The van der Waals surface area contributed by atoms with Crippen LogP contribution in [0.15, 0.2) is 0 Å². The van der Waals surface area contributed by atoms with Crippen LogP contribution in [0.1, 0.15) is 40.5 Å². The zero-order valence-electron chi connectivity index (χ0n) is 11.3. The van der Waals surface area contributed by atoms with Gasteiger partial charge in [-0.05, 0) is 46.8 Å². The molecule has 0 atom stereocenters. The van der Waals surface area contributed by atoms with Gasteiger partial charge in [-0.1, -0.05) is 11.8 Å². The number of rotatable bonds is 1. The number of nitrogens with one attached hydrogen (secondary N) is 2. The van der Waals surface area contributed by atoms with E-state index in [1.807, 2.05) is 13.3 Å². The Balaban J connectivity index is 2.78. The van der Waals surface area contributed by atoms with Crippen molar-refractivity contribution >= 4 is 16.9 Å². The van der Waals surface area contributed by atoms with Crippen molar-refractivity contribution in [3.63, 3.8) is 0 Å². The molecule has 0 radical (unpaired) electrons. The summed E-state index contributed by atoms with van der Waals surface area (Å²) < 4.78 is 0. The van der Waals surface area contributed by atoms with Crippen molar-refractivity contribution in [3.8, 4) is 0 Å². The van der Waals surface area contributed by atoms with Gasteiger partial charge in [0, 0.05) is 24.2 Å². The van der Waals surface area contributed by atoms with Crippen molar-refractivity contribution in [3.05, 3.63) is 0 Å². The number of piperidine rings is 1. The normalized spacial score (nSPS) is 24.1. The molecule has 1 heterocycles. The minimum Gasteiger partial charge on any atom is -0.352 e. The van der Waals surface area contributed by atoms with Gasteiger partial charge in [0.25, 0.3) is 0 Å². The molecule has 0 saturated carbocycles. The molecule has 94 valence electrons. The van der Waals surface area contributed by atoms with Gasteiger partial charge in [0.15, 0.2) is 5.17 Å². The average Bonchev–Trinajstić information content (AvgIpc) is 2.10. The predicted molar refractivity (Wildman–Crippen MR) is 73.3 cm³/mol. The standard InChI is InChI=1S/C12H25N3S/c1-11(2)7-9(8-12(3,4)14-11)15(5)10(13)16-6/h9,13-14H,7-8H2,1-6H3. The second-order valence-corrected chi connectivity index (χ2v) is 6.87. The first-order chi connectivity index (χ1) is 7.17. The van der Waals surface area contributed by atoms with Crippen molar-refractivity contribution < 1.29 is 0 Å². The monoisotopic (exact) mass is 243 g/mol. The lowest BCUT2D eigenvalue weighted by Gasteiger charge is -2.49. The van der Waals surface area contributed by atoms with E-state index in [0.29, 0.717) is 11.2 Å². The van der Waals surface area contributed by atoms with E-state index in [9.17, 15) is 0 Å². The SMILES string of the molecule is CSC(=N)N(C)C1CC(C)(C)NC(C)(C)C1. The van der Waals surface area contributed by atoms with E-state index in [1.165, 1.54) is 11.8 Å². The van der Waals surface area contributed by atoms with Gasteiger partial charge in [-0.25, -0.2) is 0 Å². The number of hydrogen-bond donors (Lipinski definition) is 2. The van der Waals surface area contributed by atoms with Crippen LogP contribution in [0.25, 0.3) is 0 Å². The van der Waals surface area contributed by atoms with E-state index in [-0.39, 0.29) is 11.1 Å². The predicted octanol–water partition coefficient (Wildman–Crippen LogP) is 2.53. The average molecular weight is 243 g/mol. The summed E-state index contributed by atoms with van der Waals surface area (Å²) in [6.07, 6.45) is 4.15. The molecule has 0 aromatic rings. The van der Waals surface area contributed by atoms with Gasteiger partial charge in [-0.3, -0.25) is 5.41 Å². The second-order valence-electron chi connectivity index (χ2n) is 6.08. The fourth-order valence-corrected chi connectivity index (χ4v) is 3.29. The number of thioether (sulfide) groups is 1. The van der Waals surface area contributed by atoms with Gasteiger partial charge in [0.2, 0.25) is 0 Å². The fourth-order valence-electron chi connectivity index (χ4n) is 2.85. The Morgan fingerprint density at radius 3 is 2.06 bits per heavy atom. The van der Waals surface area contributed by atoms with Crippen LogP contribution in [0.2, 0.25) is 0 Å². The van der Waals surface area contributed by atoms with Gasteiger partial charge < -0.3 is 10.2 Å². The first-order valence-electron chi connectivity index (χ1n) is 5.81. The highest BCUT2D eigenvalue weighted by atomic mass is 32.2. The number of hydrogen-bond acceptors (Lipinski definition) is 3. The Morgan fingerprint density at radius 2 is 1.69 bits per heavy atom. The van der Waals surface area contributed by atoms with Crippen LogP contribution in [-0.4, -0.2) is 40.5 Å². The smallest absolute Gasteiger partial charge is 0.156 e. The number of nitrogens with zero attached hydrogens (tertiary/aromatic N) is 1. The molecule has 0 amide bonds. The summed E-state index contributed by atoms with van der Waals surface area (Å²) in [5.74, 6) is 0. The van der Waals surface area contributed by atoms with Crippen molar-refractivity contribution in [1.82, 2.24) is 10.2 Å². The van der Waals surface area contributed by atoms with Crippen LogP contribution in [0.5, 0.6) is 0 Å². The third-order valence-electron chi connectivity index (χ3n) is 3.23. The Kier molecular flexibility index (Phi) is 3.95. The molecular weight excluding hydrogens is 218 g/mol. The van der Waals surface area contributed by atoms with Crippen LogP contribution in [-0.2, 0) is 0 Å². The van der Waals surface area contributed by atoms with Gasteiger partial charge >= 0.3 is 0 Å². The second kappa shape index (κ2) is 4.57. The lowest BCUT2D eigenvalue weighted by molar-refractivity contribution is 0.114. The molecule has 0 aromatic heterocycles. The highest BCUT2D eigenvalue weighted by Gasteiger charge is 2.39. The molecule has 4 heteroatoms. The maximum atomic E-state index is 7.91. The molecule has 3 nitrogen and oxygen atoms in total. The third-order valence-corrected chi connectivity index (χ3v) is 3.90. The molecular formula is C12H25N3S. The topological polar surface area (TPSA) is 39.1 Å². The molecule has 2 N–H and O–H groups in total. The molecule has 0 aliphatic carbocycles. The van der Waals surface area contributed by atoms with Crippen molar-refractivity contribution in [1.29, 1.82) is 5.41 Å². The van der Waals surface area contributed by atoms with E-state index in [4.69, 9.17) is 5.41 Å². The summed E-state index contributed by atoms with van der Waals surface area (Å²) in [6, 6.07) is 0.464. The van der Waals surface area contributed by atoms with E-state index >= 15 is 0 Å². The summed E-state index contributed by atoms with van der Waals surface area (Å²) in [7, 11) is 2.04. The van der Waals surface area contributed by atoms with Crippen LogP contribution < -0.4 is 5.32 Å². The largest absolute Gasteiger partial charge is 0.352 e. The summed E-state index contributed by atoms with van der Waals surface area (Å²) in [5, 5.41) is 12.2. The zero-order chi connectivity index (χ0) is 12.6. The van der Waals surface area contributed by atoms with E-state index in [0.717, 1.165) is 12.8 Å². The van der Waals surface area contributed by atoms with Gasteiger partial charge in [0.05, 0.1) is 0 Å². The molecule has 1 aliphatic heterocycles. The molecule has 0 unspecified atom stereocenters. The minimum atomic E-state index is 0.152. The first kappa shape index (κ1) is 13.8. The summed E-state index contributed by atoms with van der Waals surface area (Å²) >= 11 is 1.52. The first-order valence-corrected chi connectivity index (χ1v) is 7.04. The van der Waals surface area contributed by atoms with Gasteiger partial charge in [-0.15, -0.1) is 0 Å². The highest BCUT2D eigenvalue weighted by molar-refractivity contribution is 8.13. The van der Waals surface area contributed by atoms with Crippen molar-refractivity contribution in [2.45, 2.75) is 57.7 Å². The van der Waals surface area contributed by atoms with Crippen molar-refractivity contribution in [2.75, 3.05) is 13.3 Å². The summed E-state index contributed by atoms with van der Waals surface area (Å²) in [4.78, 5) is 2.12. The lowest BCUT2D eigenvalue weighted by atomic mass is 9.79. The number of amidine groups is 1. The lowest BCUT2D eigenvalue weighted by Crippen LogP contribution is -2.62. The Bertz CT molecular complexity index is 257. The minimum absolute atomic E-state index is 0.152. The molecule has 1 fully saturated rings. The Hall–Kier alpha value is -0.220. The Labute approximate surface area is 104 Å². The molecule has 1 rings (SSSR count). The van der Waals surface area contributed by atoms with Crippen LogP contribution in [0.3, 0.4) is 0 Å². The zero-order valence-corrected chi connectivity index (χ0v) is 12.2. The summed E-state index contributed by atoms with van der Waals surface area (Å²) in [5.41, 5.74) is 0.304. The van der Waals surface area contributed by atoms with E-state index < -0.39 is 0 Å². The molecule has 1 aliphatic rings. The maximum Gasteiger partial charge on any atom is 0.156 e. The third kappa shape index (κ3) is 3.39. The van der Waals surface area contributed by atoms with Crippen LogP contribution in [0, 0.1) is 5.41 Å². The van der Waals surface area contributed by atoms with E-state index in [2.05, 4.69) is 37.9 Å². The highest BCUT2D eigenvalue weighted by Crippen LogP contribution is 2.31. The summed E-state index contributed by atoms with van der Waals surface area (Å²) in [6.45, 7) is 8.99. The maximum absolute atomic E-state index is 7.91. The molecule has 1 saturated heterocycles. The van der Waals surface area contributed by atoms with Crippen molar-refractivity contribution in [2.24, 2.45) is 0 Å². The fraction of sp³-hybridized carbons (Fsp3) is 0.917. The van der Waals surface area contributed by atoms with Gasteiger partial charge in [-0.2, -0.15) is 0 Å². The van der Waals surface area contributed by atoms with Crippen LogP contribution in [0.4, 0.5) is 0 Å². The molecule has 0 spiro atoms. The van der Waals surface area contributed by atoms with Crippen LogP contribution >= 0.6 is 11.8 Å². The molecule has 0 bridgehead atoms. The molecule has 0 aromatic carbocycles. The Morgan fingerprint density at radius 1 is 1.25 bits per heavy atom. The molecule has 16 heavy (non-hydrogen) atoms.